The van der Waals surface area contributed by atoms with Crippen LogP contribution in [0.3, 0.4) is 0 Å². The van der Waals surface area contributed by atoms with Gasteiger partial charge in [-0.15, -0.1) is 0 Å². The Balaban J connectivity index is 1.90. The number of ketones is 2. The van der Waals surface area contributed by atoms with E-state index in [9.17, 15) is 14.4 Å². The van der Waals surface area contributed by atoms with Crippen LogP contribution in [0, 0.1) is 38.9 Å². The third kappa shape index (κ3) is 3.05. The number of rotatable bonds is 7. The predicted molar refractivity (Wildman–Crippen MR) is 134 cm³/mol. The molecule has 0 N–H and O–H groups in total. The molecule has 4 unspecified atom stereocenters. The maximum absolute atomic E-state index is 13.7. The molecule has 0 spiro atoms. The molecular weight excluding hydrogens is 424 g/mol. The average Bonchev–Trinajstić information content (AvgIpc) is 3.25. The van der Waals surface area contributed by atoms with Crippen LogP contribution in [0.25, 0.3) is 0 Å². The topological polar surface area (TPSA) is 60.4 Å². The van der Waals surface area contributed by atoms with Crippen molar-refractivity contribution < 1.29 is 19.1 Å². The van der Waals surface area contributed by atoms with Crippen LogP contribution in [-0.2, 0) is 19.1 Å². The summed E-state index contributed by atoms with van der Waals surface area (Å²) in [5.41, 5.74) is -0.533. The Labute approximate surface area is 206 Å². The molecule has 4 atom stereocenters. The lowest BCUT2D eigenvalue weighted by molar-refractivity contribution is -0.150. The molecule has 4 nitrogen and oxygen atoms in total. The molecule has 4 heteroatoms. The first-order valence-electron chi connectivity index (χ1n) is 13.5. The highest BCUT2D eigenvalue weighted by molar-refractivity contribution is 6.07. The van der Waals surface area contributed by atoms with Gasteiger partial charge in [-0.05, 0) is 72.8 Å². The van der Waals surface area contributed by atoms with Gasteiger partial charge in [0, 0.05) is 10.8 Å². The van der Waals surface area contributed by atoms with E-state index in [2.05, 4.69) is 48.5 Å². The first-order valence-corrected chi connectivity index (χ1v) is 13.5. The van der Waals surface area contributed by atoms with Gasteiger partial charge in [0.1, 0.15) is 5.41 Å². The highest BCUT2D eigenvalue weighted by Crippen LogP contribution is 2.67. The minimum atomic E-state index is -1.07. The van der Waals surface area contributed by atoms with E-state index < -0.39 is 5.41 Å². The summed E-state index contributed by atoms with van der Waals surface area (Å²) in [7, 11) is 0. The molecule has 4 saturated carbocycles. The molecule has 34 heavy (non-hydrogen) atoms. The van der Waals surface area contributed by atoms with E-state index in [0.29, 0.717) is 6.42 Å². The van der Waals surface area contributed by atoms with Crippen molar-refractivity contribution >= 4 is 17.5 Å². The van der Waals surface area contributed by atoms with E-state index in [1.807, 2.05) is 19.1 Å². The summed E-state index contributed by atoms with van der Waals surface area (Å²) in [6, 6.07) is 0. The summed E-state index contributed by atoms with van der Waals surface area (Å²) in [4.78, 5) is 41.1. The van der Waals surface area contributed by atoms with Gasteiger partial charge in [-0.25, -0.2) is 0 Å². The van der Waals surface area contributed by atoms with Crippen molar-refractivity contribution in [2.45, 2.75) is 100 Å². The molecule has 4 rings (SSSR count). The van der Waals surface area contributed by atoms with Crippen LogP contribution in [0.2, 0.25) is 0 Å². The van der Waals surface area contributed by atoms with Gasteiger partial charge < -0.3 is 4.74 Å². The van der Waals surface area contributed by atoms with Gasteiger partial charge in [-0.1, -0.05) is 73.5 Å². The monoisotopic (exact) mass is 468 g/mol. The van der Waals surface area contributed by atoms with Crippen molar-refractivity contribution in [1.82, 2.24) is 0 Å². The summed E-state index contributed by atoms with van der Waals surface area (Å²) in [5.74, 6) is 0.334. The molecule has 0 aromatic rings. The third-order valence-corrected chi connectivity index (χ3v) is 11.2. The second-order valence-corrected chi connectivity index (χ2v) is 13.0. The molecule has 0 saturated heterocycles. The number of ether oxygens (including phenoxy) is 1. The number of hydrogen-bond donors (Lipinski definition) is 0. The number of fused-ring (bicyclic) bond motifs is 4. The zero-order valence-corrected chi connectivity index (χ0v) is 22.6. The molecule has 4 aliphatic carbocycles. The molecule has 0 aliphatic heterocycles. The maximum Gasteiger partial charge on any atom is 0.319 e. The number of Topliss-reactive ketones (excluding diaryl/α,β-unsaturated/α-hetero) is 2. The Hall–Kier alpha value is -1.71. The van der Waals surface area contributed by atoms with Gasteiger partial charge >= 0.3 is 5.97 Å². The Morgan fingerprint density at radius 3 is 1.65 bits per heavy atom. The van der Waals surface area contributed by atoms with Crippen LogP contribution in [-0.4, -0.2) is 24.1 Å². The molecule has 0 heterocycles. The van der Waals surface area contributed by atoms with Gasteiger partial charge in [0.25, 0.3) is 0 Å². The van der Waals surface area contributed by atoms with Gasteiger partial charge in [0.05, 0.1) is 6.61 Å². The molecule has 0 radical (unpaired) electrons. The number of allylic oxidation sites excluding steroid dienone is 2. The summed E-state index contributed by atoms with van der Waals surface area (Å²) < 4.78 is 5.66. The van der Waals surface area contributed by atoms with Crippen molar-refractivity contribution in [3.63, 3.8) is 0 Å². The van der Waals surface area contributed by atoms with Crippen LogP contribution in [0.5, 0.6) is 0 Å². The summed E-state index contributed by atoms with van der Waals surface area (Å²) in [5, 5.41) is 0. The van der Waals surface area contributed by atoms with Gasteiger partial charge in [-0.3, -0.25) is 14.4 Å². The summed E-state index contributed by atoms with van der Waals surface area (Å²) in [6.45, 7) is 17.2. The lowest BCUT2D eigenvalue weighted by atomic mass is 9.70. The van der Waals surface area contributed by atoms with Crippen LogP contribution >= 0.6 is 0 Å². The fourth-order valence-electron chi connectivity index (χ4n) is 7.88. The van der Waals surface area contributed by atoms with Gasteiger partial charge in [0.15, 0.2) is 11.6 Å². The largest absolute Gasteiger partial charge is 0.465 e. The minimum Gasteiger partial charge on any atom is -0.465 e. The fourth-order valence-corrected chi connectivity index (χ4v) is 7.88. The molecule has 188 valence electrons. The number of carbonyl (C=O) groups is 3. The van der Waals surface area contributed by atoms with Gasteiger partial charge in [-0.2, -0.15) is 0 Å². The molecule has 4 bridgehead atoms. The molecule has 0 aromatic heterocycles. The first kappa shape index (κ1) is 25.4. The average molecular weight is 469 g/mol. The van der Waals surface area contributed by atoms with E-state index in [0.717, 1.165) is 49.7 Å². The zero-order chi connectivity index (χ0) is 25.3. The van der Waals surface area contributed by atoms with Crippen molar-refractivity contribution in [2.24, 2.45) is 38.9 Å². The summed E-state index contributed by atoms with van der Waals surface area (Å²) >= 11 is 0. The second-order valence-electron chi connectivity index (χ2n) is 13.0. The highest BCUT2D eigenvalue weighted by atomic mass is 16.5. The van der Waals surface area contributed by atoms with E-state index in [-0.39, 0.29) is 57.6 Å². The number of esters is 1. The van der Waals surface area contributed by atoms with E-state index in [4.69, 9.17) is 4.74 Å². The summed E-state index contributed by atoms with van der Waals surface area (Å²) in [6.07, 6.45) is 9.97. The quantitative estimate of drug-likeness (QED) is 0.311. The Bertz CT molecular complexity index is 916. The van der Waals surface area contributed by atoms with E-state index >= 15 is 0 Å². The first-order chi connectivity index (χ1) is 15.7. The number of hydrogen-bond acceptors (Lipinski definition) is 4. The van der Waals surface area contributed by atoms with Crippen molar-refractivity contribution in [1.29, 1.82) is 0 Å². The molecule has 0 amide bonds. The van der Waals surface area contributed by atoms with Crippen LogP contribution < -0.4 is 0 Å². The molecule has 4 aliphatic rings. The van der Waals surface area contributed by atoms with Crippen molar-refractivity contribution in [3.05, 3.63) is 23.3 Å². The molecule has 4 fully saturated rings. The van der Waals surface area contributed by atoms with Crippen LogP contribution in [0.15, 0.2) is 23.3 Å². The van der Waals surface area contributed by atoms with E-state index in [1.54, 1.807) is 0 Å². The highest BCUT2D eigenvalue weighted by Gasteiger charge is 2.66. The van der Waals surface area contributed by atoms with Crippen LogP contribution in [0.4, 0.5) is 0 Å². The maximum atomic E-state index is 13.7. The number of unbranched alkanes of at least 4 members (excludes halogenated alkanes) is 1. The lowest BCUT2D eigenvalue weighted by Crippen LogP contribution is -2.34. The third-order valence-electron chi connectivity index (χ3n) is 11.2. The normalized spacial score (nSPS) is 39.3. The predicted octanol–water partition coefficient (Wildman–Crippen LogP) is 6.63. The Morgan fingerprint density at radius 2 is 1.32 bits per heavy atom. The smallest absolute Gasteiger partial charge is 0.319 e. The van der Waals surface area contributed by atoms with Crippen LogP contribution in [0.1, 0.15) is 100 Å². The lowest BCUT2D eigenvalue weighted by Gasteiger charge is -2.31. The Morgan fingerprint density at radius 1 is 0.882 bits per heavy atom. The van der Waals surface area contributed by atoms with Gasteiger partial charge in [0.2, 0.25) is 0 Å². The van der Waals surface area contributed by atoms with Crippen molar-refractivity contribution in [3.8, 4) is 0 Å². The zero-order valence-electron chi connectivity index (χ0n) is 22.6. The van der Waals surface area contributed by atoms with E-state index in [1.165, 1.54) is 0 Å². The Kier molecular flexibility index (Phi) is 5.90. The molecule has 0 aromatic carbocycles. The minimum absolute atomic E-state index is 0.133. The SMILES string of the molecule is CCCCC(/C=C1\C(=O)C2(C)CCC1C2(C)C)(/C=C1\C(=O)C2(C)CCC1C2(C)C)C(=O)OCC. The van der Waals surface area contributed by atoms with Crippen molar-refractivity contribution in [2.75, 3.05) is 6.61 Å². The molecular formula is C30H44O4. The second kappa shape index (κ2) is 7.90. The fraction of sp³-hybridized carbons (Fsp3) is 0.767. The standard InChI is InChI=1S/C30H44O4/c1-9-11-14-30(25(33)34-10-2,17-19-21-12-15-28(7,23(19)31)26(21,3)4)18-20-22-13-16-29(8,24(20)32)27(22,5)6/h17-18,21-22H,9-16H2,1-8H3/b19-17-,20-18-. The number of carbonyl (C=O) groups excluding carboxylic acids is 3.